The molecule has 0 aliphatic rings. The lowest BCUT2D eigenvalue weighted by Gasteiger charge is -2.20. The zero-order chi connectivity index (χ0) is 23.6. The molecule has 13 heteroatoms. The van der Waals surface area contributed by atoms with Crippen LogP contribution in [0, 0.1) is 0 Å². The molecule has 0 spiro atoms. The van der Waals surface area contributed by atoms with E-state index in [4.69, 9.17) is 108 Å². The summed E-state index contributed by atoms with van der Waals surface area (Å²) in [5, 5.41) is 36.6. The predicted molar refractivity (Wildman–Crippen MR) is 127 cm³/mol. The molecule has 0 saturated carbocycles. The highest BCUT2D eigenvalue weighted by molar-refractivity contribution is 6.51. The highest BCUT2D eigenvalue weighted by atomic mass is 35.5. The molecule has 2 rings (SSSR count). The summed E-state index contributed by atoms with van der Waals surface area (Å²) in [4.78, 5) is 0. The van der Waals surface area contributed by atoms with Gasteiger partial charge < -0.3 is 25.2 Å². The van der Waals surface area contributed by atoms with E-state index in [1.165, 1.54) is 0 Å². The van der Waals surface area contributed by atoms with Crippen LogP contribution in [0.4, 0.5) is 0 Å². The molecule has 0 bridgehead atoms. The van der Waals surface area contributed by atoms with Gasteiger partial charge in [0.05, 0.1) is 45.5 Å². The standard InChI is InChI=1S/C18H14Cl8O5/c19-9-7(1-5(29)3-27)10(20)14(24)17(13(9)23)31-18-15(25)11(21)8(2-6(30)4-28)12(22)16(18)26/h5-6,27-30H,1-4H2. The Bertz CT molecular complexity index is 849. The van der Waals surface area contributed by atoms with Gasteiger partial charge in [0.25, 0.3) is 0 Å². The second kappa shape index (κ2) is 11.7. The van der Waals surface area contributed by atoms with Gasteiger partial charge in [0.1, 0.15) is 20.1 Å². The molecule has 0 aliphatic carbocycles. The van der Waals surface area contributed by atoms with Crippen LogP contribution in [0.2, 0.25) is 40.2 Å². The number of rotatable bonds is 8. The van der Waals surface area contributed by atoms with Crippen LogP contribution in [0.15, 0.2) is 0 Å². The van der Waals surface area contributed by atoms with Gasteiger partial charge in [-0.3, -0.25) is 0 Å². The van der Waals surface area contributed by atoms with Gasteiger partial charge in [0.15, 0.2) is 11.5 Å². The lowest BCUT2D eigenvalue weighted by molar-refractivity contribution is 0.0955. The summed E-state index contributed by atoms with van der Waals surface area (Å²) in [7, 11) is 0. The maximum absolute atomic E-state index is 9.70. The quantitative estimate of drug-likeness (QED) is 0.263. The molecular formula is C18H14Cl8O5. The Morgan fingerprint density at radius 3 is 1.00 bits per heavy atom. The Morgan fingerprint density at radius 1 is 0.516 bits per heavy atom. The third-order valence-corrected chi connectivity index (χ3v) is 7.63. The van der Waals surface area contributed by atoms with Crippen molar-refractivity contribution in [2.24, 2.45) is 0 Å². The third-order valence-electron chi connectivity index (χ3n) is 4.13. The monoisotopic (exact) mass is 590 g/mol. The summed E-state index contributed by atoms with van der Waals surface area (Å²) >= 11 is 50.3. The van der Waals surface area contributed by atoms with Crippen LogP contribution < -0.4 is 4.74 Å². The molecule has 0 fully saturated rings. The highest BCUT2D eigenvalue weighted by Gasteiger charge is 2.28. The fourth-order valence-electron chi connectivity index (χ4n) is 2.55. The summed E-state index contributed by atoms with van der Waals surface area (Å²) in [6, 6.07) is 0. The Kier molecular flexibility index (Phi) is 10.4. The Morgan fingerprint density at radius 2 is 0.774 bits per heavy atom. The minimum absolute atomic E-state index is 0.0642. The molecule has 2 atom stereocenters. The van der Waals surface area contributed by atoms with E-state index in [2.05, 4.69) is 0 Å². The minimum atomic E-state index is -1.14. The topological polar surface area (TPSA) is 90.2 Å². The van der Waals surface area contributed by atoms with Gasteiger partial charge in [-0.05, 0) is 11.1 Å². The van der Waals surface area contributed by atoms with Gasteiger partial charge >= 0.3 is 0 Å². The molecule has 172 valence electrons. The van der Waals surface area contributed by atoms with Gasteiger partial charge in [0.2, 0.25) is 0 Å². The second-order valence-electron chi connectivity index (χ2n) is 6.31. The smallest absolute Gasteiger partial charge is 0.167 e. The number of hydrogen-bond acceptors (Lipinski definition) is 5. The Balaban J connectivity index is 2.59. The largest absolute Gasteiger partial charge is 0.451 e. The van der Waals surface area contributed by atoms with E-state index < -0.39 is 25.4 Å². The summed E-state index contributed by atoms with van der Waals surface area (Å²) in [5.41, 5.74) is 0.405. The molecule has 0 aliphatic heterocycles. The fourth-order valence-corrected chi connectivity index (χ4v) is 4.77. The van der Waals surface area contributed by atoms with Crippen LogP contribution >= 0.6 is 92.8 Å². The van der Waals surface area contributed by atoms with Crippen LogP contribution in [0.3, 0.4) is 0 Å². The van der Waals surface area contributed by atoms with Crippen molar-refractivity contribution in [2.75, 3.05) is 13.2 Å². The van der Waals surface area contributed by atoms with E-state index >= 15 is 0 Å². The van der Waals surface area contributed by atoms with Crippen LogP contribution in [0.25, 0.3) is 0 Å². The van der Waals surface area contributed by atoms with Crippen LogP contribution in [-0.4, -0.2) is 45.8 Å². The molecular weight excluding hydrogens is 580 g/mol. The molecule has 0 aromatic heterocycles. The van der Waals surface area contributed by atoms with Crippen molar-refractivity contribution >= 4 is 92.8 Å². The van der Waals surface area contributed by atoms with Crippen molar-refractivity contribution < 1.29 is 25.2 Å². The number of aliphatic hydroxyl groups excluding tert-OH is 4. The molecule has 0 radical (unpaired) electrons. The van der Waals surface area contributed by atoms with Crippen molar-refractivity contribution in [3.63, 3.8) is 0 Å². The predicted octanol–water partition coefficient (Wildman–Crippen LogP) is 6.50. The first-order chi connectivity index (χ1) is 14.5. The van der Waals surface area contributed by atoms with Crippen molar-refractivity contribution in [3.8, 4) is 11.5 Å². The molecule has 0 saturated heterocycles. The molecule has 0 amide bonds. The number of hydrogen-bond donors (Lipinski definition) is 4. The molecule has 2 aromatic carbocycles. The van der Waals surface area contributed by atoms with E-state index in [0.29, 0.717) is 0 Å². The SMILES string of the molecule is OCC(O)Cc1c(Cl)c(Cl)c(Oc2c(Cl)c(Cl)c(CC(O)CO)c(Cl)c2Cl)c(Cl)c1Cl. The van der Waals surface area contributed by atoms with E-state index in [0.717, 1.165) is 0 Å². The van der Waals surface area contributed by atoms with Crippen molar-refractivity contribution in [1.82, 2.24) is 0 Å². The lowest BCUT2D eigenvalue weighted by atomic mass is 10.1. The lowest BCUT2D eigenvalue weighted by Crippen LogP contribution is -2.16. The van der Waals surface area contributed by atoms with Crippen molar-refractivity contribution in [3.05, 3.63) is 51.3 Å². The van der Waals surface area contributed by atoms with E-state index in [9.17, 15) is 10.2 Å². The Hall–Kier alpha value is 0.400. The molecule has 2 aromatic rings. The average Bonchev–Trinajstić information content (AvgIpc) is 2.76. The van der Waals surface area contributed by atoms with E-state index in [1.807, 2.05) is 0 Å². The summed E-state index contributed by atoms with van der Waals surface area (Å²) in [6.45, 7) is -1.06. The zero-order valence-electron chi connectivity index (χ0n) is 15.2. The van der Waals surface area contributed by atoms with Gasteiger partial charge in [-0.25, -0.2) is 0 Å². The average molecular weight is 594 g/mol. The van der Waals surface area contributed by atoms with Gasteiger partial charge in [-0.1, -0.05) is 92.8 Å². The molecule has 31 heavy (non-hydrogen) atoms. The molecule has 0 heterocycles. The van der Waals surface area contributed by atoms with Gasteiger partial charge in [0, 0.05) is 12.8 Å². The molecule has 2 unspecified atom stereocenters. The molecule has 5 nitrogen and oxygen atoms in total. The summed E-state index contributed by atoms with van der Waals surface area (Å²) in [5.74, 6) is -0.390. The van der Waals surface area contributed by atoms with Crippen LogP contribution in [0.5, 0.6) is 11.5 Å². The first kappa shape index (κ1) is 27.6. The maximum Gasteiger partial charge on any atom is 0.167 e. The summed E-state index contributed by atoms with van der Waals surface area (Å²) in [6.07, 6.45) is -2.52. The first-order valence-corrected chi connectivity index (χ1v) is 11.4. The Labute approximate surface area is 217 Å². The number of ether oxygens (including phenoxy) is 1. The normalized spacial score (nSPS) is 13.4. The maximum atomic E-state index is 9.70. The first-order valence-electron chi connectivity index (χ1n) is 8.41. The van der Waals surface area contributed by atoms with E-state index in [1.54, 1.807) is 0 Å². The molecule has 4 N–H and O–H groups in total. The fraction of sp³-hybridized carbons (Fsp3) is 0.333. The minimum Gasteiger partial charge on any atom is -0.451 e. The van der Waals surface area contributed by atoms with Gasteiger partial charge in [-0.15, -0.1) is 0 Å². The zero-order valence-corrected chi connectivity index (χ0v) is 21.3. The van der Waals surface area contributed by atoms with Crippen LogP contribution in [-0.2, 0) is 12.8 Å². The number of aliphatic hydroxyl groups is 4. The number of benzene rings is 2. The second-order valence-corrected chi connectivity index (χ2v) is 9.33. The third kappa shape index (κ3) is 5.91. The summed E-state index contributed by atoms with van der Waals surface area (Å²) < 4.78 is 5.71. The highest BCUT2D eigenvalue weighted by Crippen LogP contribution is 2.52. The number of halogens is 8. The van der Waals surface area contributed by atoms with Crippen molar-refractivity contribution in [2.45, 2.75) is 25.0 Å². The van der Waals surface area contributed by atoms with E-state index in [-0.39, 0.29) is 75.6 Å². The van der Waals surface area contributed by atoms with Crippen molar-refractivity contribution in [1.29, 1.82) is 0 Å². The van der Waals surface area contributed by atoms with Crippen LogP contribution in [0.1, 0.15) is 11.1 Å². The van der Waals surface area contributed by atoms with Gasteiger partial charge in [-0.2, -0.15) is 0 Å².